The Morgan fingerprint density at radius 3 is 2.43 bits per heavy atom. The Morgan fingerprint density at radius 2 is 2.29 bits per heavy atom. The van der Waals surface area contributed by atoms with Crippen molar-refractivity contribution < 1.29 is 4.79 Å². The van der Waals surface area contributed by atoms with Crippen molar-refractivity contribution in [3.05, 3.63) is 12.2 Å². The topological polar surface area (TPSA) is 29.4 Å². The van der Waals surface area contributed by atoms with Gasteiger partial charge in [0.1, 0.15) is 0 Å². The van der Waals surface area contributed by atoms with E-state index in [0.29, 0.717) is 0 Å². The molecule has 1 amide bonds. The molecule has 0 saturated carbocycles. The van der Waals surface area contributed by atoms with Crippen LogP contribution in [0.5, 0.6) is 0 Å². The summed E-state index contributed by atoms with van der Waals surface area (Å²) in [5, 5.41) is 0. The van der Waals surface area contributed by atoms with E-state index in [-0.39, 0.29) is 18.3 Å². The van der Waals surface area contributed by atoms with E-state index in [4.69, 9.17) is 0 Å². The first-order valence-corrected chi connectivity index (χ1v) is 1.64. The number of rotatable bonds is 0. The lowest BCUT2D eigenvalue weighted by molar-refractivity contribution is -0.113. The second-order valence-electron chi connectivity index (χ2n) is 0.976. The van der Waals surface area contributed by atoms with E-state index in [1.807, 2.05) is 0 Å². The SMILES string of the molecule is Cl.O=C1C=CC=N1. The van der Waals surface area contributed by atoms with Crippen LogP contribution in [0.15, 0.2) is 17.1 Å². The molecule has 0 saturated heterocycles. The van der Waals surface area contributed by atoms with Crippen LogP contribution in [-0.4, -0.2) is 12.1 Å². The normalized spacial score (nSPS) is 14.6. The Kier molecular flexibility index (Phi) is 2.30. The van der Waals surface area contributed by atoms with Gasteiger partial charge in [0.25, 0.3) is 5.91 Å². The minimum Gasteiger partial charge on any atom is -0.267 e. The van der Waals surface area contributed by atoms with Crippen molar-refractivity contribution in [2.45, 2.75) is 0 Å². The highest BCUT2D eigenvalue weighted by molar-refractivity contribution is 6.03. The van der Waals surface area contributed by atoms with Gasteiger partial charge in [0, 0.05) is 12.3 Å². The Bertz CT molecular complexity index is 114. The molecule has 0 aliphatic carbocycles. The quantitative estimate of drug-likeness (QED) is 0.456. The number of carbonyl (C=O) groups excluding carboxylic acids is 1. The summed E-state index contributed by atoms with van der Waals surface area (Å²) in [6, 6.07) is 0. The predicted octanol–water partition coefficient (Wildman–Crippen LogP) is 0.575. The standard InChI is InChI=1S/C4H3NO.ClH/c6-4-2-1-3-5-4;/h1-3H;1H. The minimum absolute atomic E-state index is 0. The first kappa shape index (κ1) is 6.37. The first-order valence-electron chi connectivity index (χ1n) is 1.64. The third-order valence-electron chi connectivity index (χ3n) is 0.527. The van der Waals surface area contributed by atoms with Crippen molar-refractivity contribution in [1.82, 2.24) is 0 Å². The third kappa shape index (κ3) is 1.50. The van der Waals surface area contributed by atoms with E-state index in [2.05, 4.69) is 4.99 Å². The maximum absolute atomic E-state index is 9.96. The minimum atomic E-state index is -0.157. The molecular formula is C4H4ClNO. The van der Waals surface area contributed by atoms with Crippen molar-refractivity contribution >= 4 is 24.5 Å². The monoisotopic (exact) mass is 117 g/mol. The highest BCUT2D eigenvalue weighted by Gasteiger charge is 1.90. The molecule has 0 radical (unpaired) electrons. The number of halogens is 1. The molecule has 0 aromatic carbocycles. The number of amides is 1. The van der Waals surface area contributed by atoms with Gasteiger partial charge in [0.05, 0.1) is 0 Å². The molecule has 0 atom stereocenters. The third-order valence-corrected chi connectivity index (χ3v) is 0.527. The summed E-state index contributed by atoms with van der Waals surface area (Å²) in [4.78, 5) is 13.3. The van der Waals surface area contributed by atoms with E-state index in [9.17, 15) is 4.79 Å². The zero-order valence-electron chi connectivity index (χ0n) is 3.50. The summed E-state index contributed by atoms with van der Waals surface area (Å²) in [6.07, 6.45) is 4.50. The highest BCUT2D eigenvalue weighted by Crippen LogP contribution is 1.83. The molecule has 0 aromatic heterocycles. The van der Waals surface area contributed by atoms with Crippen LogP contribution < -0.4 is 0 Å². The molecule has 7 heavy (non-hydrogen) atoms. The summed E-state index contributed by atoms with van der Waals surface area (Å²) >= 11 is 0. The summed E-state index contributed by atoms with van der Waals surface area (Å²) in [7, 11) is 0. The lowest BCUT2D eigenvalue weighted by Gasteiger charge is -1.62. The molecular weight excluding hydrogens is 114 g/mol. The van der Waals surface area contributed by atoms with Crippen molar-refractivity contribution in [2.75, 3.05) is 0 Å². The Morgan fingerprint density at radius 1 is 1.57 bits per heavy atom. The van der Waals surface area contributed by atoms with Crippen LogP contribution >= 0.6 is 12.4 Å². The van der Waals surface area contributed by atoms with E-state index in [1.165, 1.54) is 12.3 Å². The van der Waals surface area contributed by atoms with Crippen LogP contribution in [-0.2, 0) is 4.79 Å². The average molecular weight is 118 g/mol. The van der Waals surface area contributed by atoms with Gasteiger partial charge in [-0.2, -0.15) is 0 Å². The van der Waals surface area contributed by atoms with Gasteiger partial charge in [-0.15, -0.1) is 12.4 Å². The molecule has 1 aliphatic rings. The Hall–Kier alpha value is -0.630. The van der Waals surface area contributed by atoms with Crippen molar-refractivity contribution in [3.63, 3.8) is 0 Å². The molecule has 1 rings (SSSR count). The molecule has 0 N–H and O–H groups in total. The molecule has 2 nitrogen and oxygen atoms in total. The maximum Gasteiger partial charge on any atom is 0.269 e. The number of hydrogen-bond donors (Lipinski definition) is 0. The maximum atomic E-state index is 9.96. The number of hydrogen-bond acceptors (Lipinski definition) is 1. The molecule has 1 aliphatic heterocycles. The number of aliphatic imine (C=N–C) groups is 1. The molecule has 3 heteroatoms. The zero-order valence-corrected chi connectivity index (χ0v) is 4.31. The smallest absolute Gasteiger partial charge is 0.267 e. The van der Waals surface area contributed by atoms with Gasteiger partial charge in [-0.1, -0.05) is 0 Å². The zero-order chi connectivity index (χ0) is 4.41. The second kappa shape index (κ2) is 2.53. The molecule has 0 bridgehead atoms. The van der Waals surface area contributed by atoms with E-state index < -0.39 is 0 Å². The number of carbonyl (C=O) groups is 1. The fourth-order valence-electron chi connectivity index (χ4n) is 0.285. The molecule has 0 spiro atoms. The van der Waals surface area contributed by atoms with Crippen LogP contribution in [0.3, 0.4) is 0 Å². The van der Waals surface area contributed by atoms with Crippen LogP contribution in [0.1, 0.15) is 0 Å². The molecule has 0 unspecified atom stereocenters. The summed E-state index contributed by atoms with van der Waals surface area (Å²) < 4.78 is 0. The molecule has 38 valence electrons. The van der Waals surface area contributed by atoms with Gasteiger partial charge < -0.3 is 0 Å². The fraction of sp³-hybridized carbons (Fsp3) is 0. The van der Waals surface area contributed by atoms with E-state index in [0.717, 1.165) is 0 Å². The van der Waals surface area contributed by atoms with Crippen molar-refractivity contribution in [3.8, 4) is 0 Å². The molecule has 0 aromatic rings. The largest absolute Gasteiger partial charge is 0.269 e. The molecule has 1 heterocycles. The van der Waals surface area contributed by atoms with Crippen LogP contribution in [0.4, 0.5) is 0 Å². The average Bonchev–Trinajstić information content (AvgIpc) is 1.86. The van der Waals surface area contributed by atoms with Gasteiger partial charge >= 0.3 is 0 Å². The molecule has 0 fully saturated rings. The van der Waals surface area contributed by atoms with Crippen molar-refractivity contribution in [1.29, 1.82) is 0 Å². The van der Waals surface area contributed by atoms with Gasteiger partial charge in [-0.3, -0.25) is 4.79 Å². The highest BCUT2D eigenvalue weighted by atomic mass is 35.5. The number of allylic oxidation sites excluding steroid dienone is 1. The number of nitrogens with zero attached hydrogens (tertiary/aromatic N) is 1. The van der Waals surface area contributed by atoms with Gasteiger partial charge in [0.15, 0.2) is 0 Å². The van der Waals surface area contributed by atoms with E-state index in [1.54, 1.807) is 6.08 Å². The lowest BCUT2D eigenvalue weighted by Crippen LogP contribution is -1.75. The van der Waals surface area contributed by atoms with Crippen LogP contribution in [0.25, 0.3) is 0 Å². The summed E-state index contributed by atoms with van der Waals surface area (Å²) in [5.74, 6) is -0.157. The fourth-order valence-corrected chi connectivity index (χ4v) is 0.285. The Balaban J connectivity index is 0.000000360. The van der Waals surface area contributed by atoms with Crippen LogP contribution in [0, 0.1) is 0 Å². The van der Waals surface area contributed by atoms with Crippen molar-refractivity contribution in [2.24, 2.45) is 4.99 Å². The van der Waals surface area contributed by atoms with Gasteiger partial charge in [-0.05, 0) is 6.08 Å². The summed E-state index contributed by atoms with van der Waals surface area (Å²) in [6.45, 7) is 0. The predicted molar refractivity (Wildman–Crippen MR) is 29.9 cm³/mol. The first-order chi connectivity index (χ1) is 2.89. The van der Waals surface area contributed by atoms with Gasteiger partial charge in [-0.25, -0.2) is 4.99 Å². The van der Waals surface area contributed by atoms with Gasteiger partial charge in [0.2, 0.25) is 0 Å². The van der Waals surface area contributed by atoms with E-state index >= 15 is 0 Å². The van der Waals surface area contributed by atoms with Crippen LogP contribution in [0.2, 0.25) is 0 Å². The lowest BCUT2D eigenvalue weighted by atomic mass is 10.6. The second-order valence-corrected chi connectivity index (χ2v) is 0.976. The Labute approximate surface area is 47.3 Å². The summed E-state index contributed by atoms with van der Waals surface area (Å²) in [5.41, 5.74) is 0.